The number of rotatable bonds is 7. The number of hydrogen-bond donors (Lipinski definition) is 0. The van der Waals surface area contributed by atoms with Crippen LogP contribution >= 0.6 is 11.6 Å². The first-order valence-corrected chi connectivity index (χ1v) is 7.98. The molecule has 1 aromatic heterocycles. The maximum atomic E-state index is 5.85. The van der Waals surface area contributed by atoms with Crippen molar-refractivity contribution in [1.29, 1.82) is 0 Å². The Bertz CT molecular complexity index is 532. The van der Waals surface area contributed by atoms with Crippen LogP contribution in [0.3, 0.4) is 0 Å². The van der Waals surface area contributed by atoms with E-state index in [4.69, 9.17) is 16.3 Å². The molecule has 2 aromatic rings. The van der Waals surface area contributed by atoms with Gasteiger partial charge in [0.15, 0.2) is 18.9 Å². The Hall–Kier alpha value is -1.54. The van der Waals surface area contributed by atoms with E-state index in [1.165, 1.54) is 18.4 Å². The van der Waals surface area contributed by atoms with E-state index < -0.39 is 0 Å². The molecule has 0 radical (unpaired) electrons. The van der Waals surface area contributed by atoms with E-state index in [1.807, 2.05) is 24.3 Å². The predicted octanol–water partition coefficient (Wildman–Crippen LogP) is 4.61. The van der Waals surface area contributed by atoms with Crippen molar-refractivity contribution >= 4 is 11.6 Å². The molecule has 0 aliphatic heterocycles. The summed E-state index contributed by atoms with van der Waals surface area (Å²) < 4.78 is 7.86. The summed E-state index contributed by atoms with van der Waals surface area (Å²) in [5.41, 5.74) is 1.43. The van der Waals surface area contributed by atoms with Gasteiger partial charge in [-0.3, -0.25) is 0 Å². The van der Waals surface area contributed by atoms with Crippen molar-refractivity contribution < 1.29 is 9.30 Å². The lowest BCUT2D eigenvalue weighted by Gasteiger charge is -2.11. The molecule has 0 atom stereocenters. The van der Waals surface area contributed by atoms with Gasteiger partial charge in [0.05, 0.1) is 0 Å². The molecule has 0 fully saturated rings. The average Bonchev–Trinajstić information content (AvgIpc) is 2.52. The minimum absolute atomic E-state index is 0.649. The maximum absolute atomic E-state index is 5.85. The predicted molar refractivity (Wildman–Crippen MR) is 86.9 cm³/mol. The zero-order valence-electron chi connectivity index (χ0n) is 12.8. The molecule has 1 aromatic carbocycles. The van der Waals surface area contributed by atoms with Crippen molar-refractivity contribution in [3.63, 3.8) is 0 Å². The van der Waals surface area contributed by atoms with Crippen LogP contribution in [0.5, 0.6) is 5.75 Å². The first kappa shape index (κ1) is 15.8. The SMILES string of the molecule is CCC(CC)c1cc[n+](CCOc2ccc(Cl)cc2)cc1. The highest BCUT2D eigenvalue weighted by atomic mass is 35.5. The molecule has 0 aliphatic rings. The van der Waals surface area contributed by atoms with E-state index >= 15 is 0 Å². The third kappa shape index (κ3) is 4.75. The number of pyridine rings is 1. The number of nitrogens with zero attached hydrogens (tertiary/aromatic N) is 1. The molecule has 3 heteroatoms. The van der Waals surface area contributed by atoms with Gasteiger partial charge in [-0.1, -0.05) is 25.4 Å². The monoisotopic (exact) mass is 304 g/mol. The summed E-state index contributed by atoms with van der Waals surface area (Å²) in [6.45, 7) is 5.98. The lowest BCUT2D eigenvalue weighted by Crippen LogP contribution is -2.35. The van der Waals surface area contributed by atoms with Crippen LogP contribution in [0.25, 0.3) is 0 Å². The van der Waals surface area contributed by atoms with Crippen LogP contribution in [-0.2, 0) is 6.54 Å². The van der Waals surface area contributed by atoms with Crippen molar-refractivity contribution in [3.8, 4) is 5.75 Å². The van der Waals surface area contributed by atoms with Crippen molar-refractivity contribution in [3.05, 3.63) is 59.4 Å². The zero-order valence-corrected chi connectivity index (χ0v) is 13.5. The molecule has 0 amide bonds. The molecule has 0 saturated carbocycles. The second-order valence-electron chi connectivity index (χ2n) is 5.19. The molecule has 0 aliphatic carbocycles. The highest BCUT2D eigenvalue weighted by Gasteiger charge is 2.09. The lowest BCUT2D eigenvalue weighted by atomic mass is 9.95. The molecule has 0 unspecified atom stereocenters. The number of aromatic nitrogens is 1. The summed E-state index contributed by atoms with van der Waals surface area (Å²) in [7, 11) is 0. The van der Waals surface area contributed by atoms with Crippen LogP contribution in [-0.4, -0.2) is 6.61 Å². The molecular formula is C18H23ClNO+. The Morgan fingerprint density at radius 3 is 2.19 bits per heavy atom. The Balaban J connectivity index is 1.84. The normalized spacial score (nSPS) is 10.9. The first-order chi connectivity index (χ1) is 10.2. The van der Waals surface area contributed by atoms with E-state index in [0.717, 1.165) is 17.3 Å². The average molecular weight is 305 g/mol. The van der Waals surface area contributed by atoms with Crippen LogP contribution in [0.4, 0.5) is 0 Å². The van der Waals surface area contributed by atoms with Crippen LogP contribution in [0.1, 0.15) is 38.2 Å². The summed E-state index contributed by atoms with van der Waals surface area (Å²) in [5.74, 6) is 1.53. The Morgan fingerprint density at radius 2 is 1.62 bits per heavy atom. The van der Waals surface area contributed by atoms with Crippen LogP contribution in [0.15, 0.2) is 48.8 Å². The van der Waals surface area contributed by atoms with Gasteiger partial charge in [-0.25, -0.2) is 4.57 Å². The molecule has 0 bridgehead atoms. The van der Waals surface area contributed by atoms with E-state index in [1.54, 1.807) is 0 Å². The Labute approximate surface area is 132 Å². The van der Waals surface area contributed by atoms with Crippen molar-refractivity contribution in [1.82, 2.24) is 0 Å². The van der Waals surface area contributed by atoms with Crippen LogP contribution < -0.4 is 9.30 Å². The van der Waals surface area contributed by atoms with Gasteiger partial charge in [-0.15, -0.1) is 0 Å². The molecule has 0 N–H and O–H groups in total. The summed E-state index contributed by atoms with van der Waals surface area (Å²) in [6.07, 6.45) is 6.66. The third-order valence-electron chi connectivity index (χ3n) is 3.81. The molecule has 0 saturated heterocycles. The van der Waals surface area contributed by atoms with Gasteiger partial charge in [0.2, 0.25) is 0 Å². The third-order valence-corrected chi connectivity index (χ3v) is 4.06. The fourth-order valence-electron chi connectivity index (χ4n) is 2.45. The fourth-order valence-corrected chi connectivity index (χ4v) is 2.58. The highest BCUT2D eigenvalue weighted by Crippen LogP contribution is 2.21. The van der Waals surface area contributed by atoms with Gasteiger partial charge in [0.1, 0.15) is 12.4 Å². The largest absolute Gasteiger partial charge is 0.487 e. The van der Waals surface area contributed by atoms with E-state index in [9.17, 15) is 0 Å². The second kappa shape index (κ2) is 8.04. The topological polar surface area (TPSA) is 13.1 Å². The van der Waals surface area contributed by atoms with Crippen LogP contribution in [0, 0.1) is 0 Å². The van der Waals surface area contributed by atoms with Crippen molar-refractivity contribution in [2.75, 3.05) is 6.61 Å². The first-order valence-electron chi connectivity index (χ1n) is 7.60. The fraction of sp³-hybridized carbons (Fsp3) is 0.389. The summed E-state index contributed by atoms with van der Waals surface area (Å²) >= 11 is 5.85. The highest BCUT2D eigenvalue weighted by molar-refractivity contribution is 6.30. The molecule has 21 heavy (non-hydrogen) atoms. The van der Waals surface area contributed by atoms with Crippen LogP contribution in [0.2, 0.25) is 5.02 Å². The van der Waals surface area contributed by atoms with Gasteiger partial charge < -0.3 is 4.74 Å². The van der Waals surface area contributed by atoms with Gasteiger partial charge in [-0.05, 0) is 48.6 Å². The second-order valence-corrected chi connectivity index (χ2v) is 5.62. The molecule has 2 nitrogen and oxygen atoms in total. The van der Waals surface area contributed by atoms with E-state index in [0.29, 0.717) is 12.5 Å². The molecule has 0 spiro atoms. The zero-order chi connectivity index (χ0) is 15.1. The molecule has 112 valence electrons. The smallest absolute Gasteiger partial charge is 0.182 e. The van der Waals surface area contributed by atoms with E-state index in [2.05, 4.69) is 42.9 Å². The van der Waals surface area contributed by atoms with E-state index in [-0.39, 0.29) is 0 Å². The maximum Gasteiger partial charge on any atom is 0.182 e. The number of benzene rings is 1. The van der Waals surface area contributed by atoms with Gasteiger partial charge >= 0.3 is 0 Å². The lowest BCUT2D eigenvalue weighted by molar-refractivity contribution is -0.697. The minimum atomic E-state index is 0.649. The summed E-state index contributed by atoms with van der Waals surface area (Å²) in [4.78, 5) is 0. The quantitative estimate of drug-likeness (QED) is 0.681. The standard InChI is InChI=1S/C18H23ClNO/c1-3-15(4-2)16-9-11-20(12-10-16)13-14-21-18-7-5-17(19)6-8-18/h5-12,15H,3-4,13-14H2,1-2H3/q+1. The minimum Gasteiger partial charge on any atom is -0.487 e. The van der Waals surface area contributed by atoms with Gasteiger partial charge in [-0.2, -0.15) is 0 Å². The number of ether oxygens (including phenoxy) is 1. The van der Waals surface area contributed by atoms with Crippen molar-refractivity contribution in [2.45, 2.75) is 39.2 Å². The summed E-state index contributed by atoms with van der Waals surface area (Å²) in [6, 6.07) is 11.9. The molecule has 1 heterocycles. The summed E-state index contributed by atoms with van der Waals surface area (Å²) in [5, 5.41) is 0.730. The van der Waals surface area contributed by atoms with Gasteiger partial charge in [0, 0.05) is 17.2 Å². The Morgan fingerprint density at radius 1 is 1.00 bits per heavy atom. The number of halogens is 1. The Kier molecular flexibility index (Phi) is 6.06. The van der Waals surface area contributed by atoms with Gasteiger partial charge in [0.25, 0.3) is 0 Å². The van der Waals surface area contributed by atoms with Crippen molar-refractivity contribution in [2.24, 2.45) is 0 Å². The molecular weight excluding hydrogens is 282 g/mol. The number of hydrogen-bond acceptors (Lipinski definition) is 1. The molecule has 2 rings (SSSR count).